The molecule has 0 saturated heterocycles. The third-order valence-corrected chi connectivity index (χ3v) is 4.81. The van der Waals surface area contributed by atoms with Gasteiger partial charge in [-0.3, -0.25) is 24.3 Å². The van der Waals surface area contributed by atoms with E-state index in [0.717, 1.165) is 73.5 Å². The molecular formula is C28H38Cl2Hf2. The molecule has 0 aromatic heterocycles. The first kappa shape index (κ1) is 39.2. The Kier molecular flexibility index (Phi) is 33.4. The summed E-state index contributed by atoms with van der Waals surface area (Å²) in [7, 11) is 0. The van der Waals surface area contributed by atoms with Crippen LogP contribution in [0.15, 0.2) is 69.9 Å². The van der Waals surface area contributed by atoms with Gasteiger partial charge in [-0.2, -0.15) is 34.4 Å². The molecule has 0 N–H and O–H groups in total. The molecule has 0 aromatic carbocycles. The molecule has 0 nitrogen and oxygen atoms in total. The van der Waals surface area contributed by atoms with Gasteiger partial charge in [0.1, 0.15) is 0 Å². The second-order valence-corrected chi connectivity index (χ2v) is 6.77. The molecule has 32 heavy (non-hydrogen) atoms. The normalized spacial score (nSPS) is 15.7. The average Bonchev–Trinajstić information content (AvgIpc) is 3.61. The van der Waals surface area contributed by atoms with Crippen LogP contribution in [0, 0.1) is 24.3 Å². The Bertz CT molecular complexity index is 650. The van der Waals surface area contributed by atoms with Crippen LogP contribution in [0.25, 0.3) is 0 Å². The number of halogens is 2. The molecule has 0 unspecified atom stereocenters. The molecule has 0 aromatic rings. The predicted octanol–water partition coefficient (Wildman–Crippen LogP) is 8.34. The van der Waals surface area contributed by atoms with E-state index in [0.29, 0.717) is 0 Å². The number of hydrogen-bond donors (Lipinski definition) is 0. The Morgan fingerprint density at radius 1 is 0.625 bits per heavy atom. The first-order valence-electron chi connectivity index (χ1n) is 10.1. The molecule has 0 spiro atoms. The van der Waals surface area contributed by atoms with Crippen LogP contribution in [-0.4, -0.2) is 8.52 Å². The fraction of sp³-hybridized carbons (Fsp3) is 0.357. The van der Waals surface area contributed by atoms with Crippen LogP contribution in [0.1, 0.15) is 67.2 Å². The van der Waals surface area contributed by atoms with E-state index in [1.165, 1.54) is 33.4 Å². The van der Waals surface area contributed by atoms with Crippen molar-refractivity contribution in [2.24, 2.45) is 0 Å². The molecule has 4 aliphatic rings. The molecule has 0 radical (unpaired) electrons. The molecular weight excluding hydrogens is 764 g/mol. The SMILES string of the molecule is CC1=[C-]CC(C)=C1C.CC1=[C-]CC(C)=C1C.Cl.Cl.[C-]1=CC=CC1.[C-]1=CC=CC1.[CH2]=[Hf+2].[CH2]=[Hf+2]. The van der Waals surface area contributed by atoms with Crippen molar-refractivity contribution < 1.29 is 47.8 Å². The third kappa shape index (κ3) is 19.4. The zero-order valence-corrected chi connectivity index (χ0v) is 29.3. The molecule has 0 atom stereocenters. The van der Waals surface area contributed by atoms with E-state index in [2.05, 4.69) is 86.5 Å². The Hall–Kier alpha value is -0.0197. The van der Waals surface area contributed by atoms with E-state index in [1.54, 1.807) is 0 Å². The number of rotatable bonds is 0. The molecule has 0 bridgehead atoms. The summed E-state index contributed by atoms with van der Waals surface area (Å²) in [6.45, 7) is 12.9. The van der Waals surface area contributed by atoms with E-state index in [1.807, 2.05) is 24.3 Å². The van der Waals surface area contributed by atoms with Crippen LogP contribution in [0.4, 0.5) is 0 Å². The minimum absolute atomic E-state index is 0. The molecule has 0 amide bonds. The van der Waals surface area contributed by atoms with Crippen LogP contribution >= 0.6 is 24.8 Å². The number of allylic oxidation sites excluding steroid dienone is 16. The Labute approximate surface area is 240 Å². The number of hydrogen-bond acceptors (Lipinski definition) is 0. The maximum absolute atomic E-state index is 3.39. The first-order valence-corrected chi connectivity index (χ1v) is 15.1. The van der Waals surface area contributed by atoms with Gasteiger partial charge in [-0.05, 0) is 0 Å². The van der Waals surface area contributed by atoms with Crippen molar-refractivity contribution in [3.63, 3.8) is 0 Å². The van der Waals surface area contributed by atoms with E-state index in [-0.39, 0.29) is 24.8 Å². The van der Waals surface area contributed by atoms with E-state index in [4.69, 9.17) is 0 Å². The standard InChI is InChI=1S/2C8H11.2C5H5.2CH2.2ClH.2Hf/c2*1-6-4-5-7(2)8(6)3;2*1-2-4-5-3-1;;;;;;/h2*4H2,1-3H3;2*1-3H,4H2;2*1H2;2*1H;;/q4*-1;;;;;2*+2. The van der Waals surface area contributed by atoms with E-state index < -0.39 is 0 Å². The van der Waals surface area contributed by atoms with Gasteiger partial charge in [0.15, 0.2) is 0 Å². The fourth-order valence-corrected chi connectivity index (χ4v) is 2.38. The summed E-state index contributed by atoms with van der Waals surface area (Å²) < 4.78 is 6.78. The summed E-state index contributed by atoms with van der Waals surface area (Å²) in [6, 6.07) is 0. The quantitative estimate of drug-likeness (QED) is 0.171. The summed E-state index contributed by atoms with van der Waals surface area (Å²) in [5, 5.41) is 0. The van der Waals surface area contributed by atoms with Gasteiger partial charge >= 0.3 is 56.3 Å². The Morgan fingerprint density at radius 2 is 0.938 bits per heavy atom. The second kappa shape index (κ2) is 27.2. The van der Waals surface area contributed by atoms with Crippen molar-refractivity contribution in [2.75, 3.05) is 0 Å². The van der Waals surface area contributed by atoms with Crippen molar-refractivity contribution in [3.8, 4) is 0 Å². The van der Waals surface area contributed by atoms with Crippen LogP contribution < -0.4 is 0 Å². The molecule has 172 valence electrons. The zero-order valence-electron chi connectivity index (χ0n) is 20.5. The van der Waals surface area contributed by atoms with Crippen LogP contribution in [0.5, 0.6) is 0 Å². The Balaban J connectivity index is -0.000000155. The van der Waals surface area contributed by atoms with Crippen molar-refractivity contribution >= 4 is 33.3 Å². The van der Waals surface area contributed by atoms with Crippen molar-refractivity contribution in [3.05, 3.63) is 94.2 Å². The molecule has 4 heteroatoms. The Morgan fingerprint density at radius 3 is 1.00 bits per heavy atom. The second-order valence-electron chi connectivity index (χ2n) is 6.77. The summed E-state index contributed by atoms with van der Waals surface area (Å²) in [6.07, 6.45) is 28.6. The molecule has 4 aliphatic carbocycles. The van der Waals surface area contributed by atoms with E-state index >= 15 is 0 Å². The fourth-order valence-electron chi connectivity index (χ4n) is 2.38. The maximum atomic E-state index is 3.39. The van der Waals surface area contributed by atoms with Crippen LogP contribution in [0.3, 0.4) is 0 Å². The molecule has 4 rings (SSSR count). The van der Waals surface area contributed by atoms with Crippen molar-refractivity contribution in [1.82, 2.24) is 0 Å². The average molecular weight is 802 g/mol. The van der Waals surface area contributed by atoms with Gasteiger partial charge in [0.2, 0.25) is 0 Å². The molecule has 0 heterocycles. The minimum atomic E-state index is 0. The predicted molar refractivity (Wildman–Crippen MR) is 143 cm³/mol. The molecule has 0 fully saturated rings. The van der Waals surface area contributed by atoms with Gasteiger partial charge in [-0.25, -0.2) is 35.5 Å². The third-order valence-electron chi connectivity index (χ3n) is 4.81. The van der Waals surface area contributed by atoms with Crippen LogP contribution in [-0.2, 0) is 47.8 Å². The topological polar surface area (TPSA) is 0 Å². The molecule has 0 saturated carbocycles. The van der Waals surface area contributed by atoms with Crippen molar-refractivity contribution in [2.45, 2.75) is 67.2 Å². The van der Waals surface area contributed by atoms with E-state index in [9.17, 15) is 0 Å². The summed E-state index contributed by atoms with van der Waals surface area (Å²) in [5.74, 6) is 0. The van der Waals surface area contributed by atoms with Gasteiger partial charge < -0.3 is 0 Å². The van der Waals surface area contributed by atoms with Crippen molar-refractivity contribution in [1.29, 1.82) is 0 Å². The van der Waals surface area contributed by atoms with Gasteiger partial charge in [0.05, 0.1) is 0 Å². The van der Waals surface area contributed by atoms with Crippen LogP contribution in [0.2, 0.25) is 0 Å². The molecule has 0 aliphatic heterocycles. The van der Waals surface area contributed by atoms with Gasteiger partial charge in [0, 0.05) is 0 Å². The van der Waals surface area contributed by atoms with Gasteiger partial charge in [-0.15, -0.1) is 64.3 Å². The van der Waals surface area contributed by atoms with Gasteiger partial charge in [-0.1, -0.05) is 27.7 Å². The summed E-state index contributed by atoms with van der Waals surface area (Å²) in [4.78, 5) is 0. The first-order chi connectivity index (χ1) is 14.4. The summed E-state index contributed by atoms with van der Waals surface area (Å²) >= 11 is 2.11. The van der Waals surface area contributed by atoms with Gasteiger partial charge in [0.25, 0.3) is 0 Å². The summed E-state index contributed by atoms with van der Waals surface area (Å²) in [5.41, 5.74) is 8.49. The monoisotopic (exact) mass is 804 g/mol. The zero-order chi connectivity index (χ0) is 23.4.